The van der Waals surface area contributed by atoms with E-state index in [0.717, 1.165) is 25.9 Å². The lowest BCUT2D eigenvalue weighted by atomic mass is 9.92. The van der Waals surface area contributed by atoms with Crippen molar-refractivity contribution in [2.45, 2.75) is 38.4 Å². The van der Waals surface area contributed by atoms with Crippen molar-refractivity contribution in [1.29, 1.82) is 0 Å². The molecule has 0 spiro atoms. The predicted octanol–water partition coefficient (Wildman–Crippen LogP) is 0.936. The molecule has 0 aromatic heterocycles. The third-order valence-corrected chi connectivity index (χ3v) is 1.71. The monoisotopic (exact) mass is 130 g/mol. The molecule has 0 aromatic carbocycles. The third kappa shape index (κ3) is 1.66. The second kappa shape index (κ2) is 3.18. The quantitative estimate of drug-likeness (QED) is 0.616. The van der Waals surface area contributed by atoms with Crippen molar-refractivity contribution in [3.63, 3.8) is 0 Å². The minimum atomic E-state index is -0.170. The summed E-state index contributed by atoms with van der Waals surface area (Å²) >= 11 is 0. The van der Waals surface area contributed by atoms with E-state index in [1.165, 1.54) is 0 Å². The molecule has 2 unspecified atom stereocenters. The number of hydrogen-bond donors (Lipinski definition) is 1. The van der Waals surface area contributed by atoms with Gasteiger partial charge in [0.15, 0.2) is 0 Å². The van der Waals surface area contributed by atoms with E-state index in [0.29, 0.717) is 0 Å². The Labute approximate surface area is 55.8 Å². The van der Waals surface area contributed by atoms with Crippen LogP contribution in [0.5, 0.6) is 0 Å². The van der Waals surface area contributed by atoms with Crippen LogP contribution in [0.15, 0.2) is 0 Å². The van der Waals surface area contributed by atoms with Gasteiger partial charge in [0, 0.05) is 6.61 Å². The van der Waals surface area contributed by atoms with Gasteiger partial charge >= 0.3 is 0 Å². The van der Waals surface area contributed by atoms with Crippen LogP contribution in [0.1, 0.15) is 26.2 Å². The molecule has 0 bridgehead atoms. The van der Waals surface area contributed by atoms with Gasteiger partial charge in [-0.1, -0.05) is 6.92 Å². The highest BCUT2D eigenvalue weighted by molar-refractivity contribution is 4.80. The molecule has 1 fully saturated rings. The van der Waals surface area contributed by atoms with Crippen LogP contribution < -0.4 is 0 Å². The Kier molecular flexibility index (Phi) is 2.49. The lowest BCUT2D eigenvalue weighted by molar-refractivity contribution is -0.0956. The highest BCUT2D eigenvalue weighted by Crippen LogP contribution is 2.22. The fraction of sp³-hybridized carbons (Fsp3) is 1.00. The molecule has 1 saturated carbocycles. The molecule has 1 rings (SSSR count). The highest BCUT2D eigenvalue weighted by Gasteiger charge is 2.28. The molecule has 2 atom stereocenters. The Hall–Kier alpha value is -0.0800. The summed E-state index contributed by atoms with van der Waals surface area (Å²) in [4.78, 5) is 0. The van der Waals surface area contributed by atoms with Crippen molar-refractivity contribution in [1.82, 2.24) is 0 Å². The molecule has 0 aliphatic heterocycles. The number of aliphatic hydroxyl groups is 1. The van der Waals surface area contributed by atoms with E-state index >= 15 is 0 Å². The zero-order valence-electron chi connectivity index (χ0n) is 5.84. The summed E-state index contributed by atoms with van der Waals surface area (Å²) in [6.07, 6.45) is 3.00. The molecule has 54 valence electrons. The summed E-state index contributed by atoms with van der Waals surface area (Å²) in [6.45, 7) is 2.87. The zero-order chi connectivity index (χ0) is 6.69. The molecular weight excluding hydrogens is 116 g/mol. The maximum absolute atomic E-state index is 9.01. The molecule has 0 aromatic rings. The minimum Gasteiger partial charge on any atom is -0.390 e. The minimum absolute atomic E-state index is 0.157. The van der Waals surface area contributed by atoms with Gasteiger partial charge in [-0.2, -0.15) is 0 Å². The summed E-state index contributed by atoms with van der Waals surface area (Å²) in [5.41, 5.74) is 0. The van der Waals surface area contributed by atoms with Crippen molar-refractivity contribution in [2.75, 3.05) is 6.61 Å². The molecular formula is C7H14O2. The standard InChI is InChI=1S/C7H14O2/c1-2-5-9-7-4-3-6(7)8/h6-8H,2-5H2,1H3. The van der Waals surface area contributed by atoms with E-state index in [9.17, 15) is 0 Å². The molecule has 0 radical (unpaired) electrons. The van der Waals surface area contributed by atoms with Crippen LogP contribution in [0, 0.1) is 0 Å². The smallest absolute Gasteiger partial charge is 0.0834 e. The fourth-order valence-electron chi connectivity index (χ4n) is 0.915. The summed E-state index contributed by atoms with van der Waals surface area (Å²) in [6, 6.07) is 0. The van der Waals surface area contributed by atoms with E-state index < -0.39 is 0 Å². The van der Waals surface area contributed by atoms with Gasteiger partial charge in [-0.05, 0) is 19.3 Å². The van der Waals surface area contributed by atoms with Crippen LogP contribution in [0.3, 0.4) is 0 Å². The number of rotatable bonds is 3. The first kappa shape index (κ1) is 7.03. The van der Waals surface area contributed by atoms with Gasteiger partial charge in [-0.25, -0.2) is 0 Å². The maximum atomic E-state index is 9.01. The Bertz CT molecular complexity index is 83.0. The molecule has 1 aliphatic rings. The Morgan fingerprint density at radius 3 is 2.67 bits per heavy atom. The maximum Gasteiger partial charge on any atom is 0.0834 e. The van der Waals surface area contributed by atoms with Gasteiger partial charge in [0.2, 0.25) is 0 Å². The molecule has 0 saturated heterocycles. The van der Waals surface area contributed by atoms with Gasteiger partial charge in [0.05, 0.1) is 12.2 Å². The molecule has 1 N–H and O–H groups in total. The van der Waals surface area contributed by atoms with Gasteiger partial charge < -0.3 is 9.84 Å². The number of hydrogen-bond acceptors (Lipinski definition) is 2. The van der Waals surface area contributed by atoms with Crippen LogP contribution in [0.25, 0.3) is 0 Å². The second-order valence-electron chi connectivity index (χ2n) is 2.55. The van der Waals surface area contributed by atoms with Crippen LogP contribution >= 0.6 is 0 Å². The van der Waals surface area contributed by atoms with Crippen LogP contribution in [0.2, 0.25) is 0 Å². The van der Waals surface area contributed by atoms with Crippen molar-refractivity contribution in [3.8, 4) is 0 Å². The summed E-state index contributed by atoms with van der Waals surface area (Å²) in [7, 11) is 0. The second-order valence-corrected chi connectivity index (χ2v) is 2.55. The number of aliphatic hydroxyl groups excluding tert-OH is 1. The van der Waals surface area contributed by atoms with E-state index in [4.69, 9.17) is 9.84 Å². The molecule has 0 heterocycles. The highest BCUT2D eigenvalue weighted by atomic mass is 16.5. The first-order chi connectivity index (χ1) is 4.34. The predicted molar refractivity (Wildman–Crippen MR) is 35.3 cm³/mol. The lowest BCUT2D eigenvalue weighted by Crippen LogP contribution is -2.38. The molecule has 9 heavy (non-hydrogen) atoms. The Morgan fingerprint density at radius 1 is 1.56 bits per heavy atom. The third-order valence-electron chi connectivity index (χ3n) is 1.71. The fourth-order valence-corrected chi connectivity index (χ4v) is 0.915. The lowest BCUT2D eigenvalue weighted by Gasteiger charge is -2.31. The van der Waals surface area contributed by atoms with E-state index in [1.54, 1.807) is 0 Å². The van der Waals surface area contributed by atoms with Crippen molar-refractivity contribution >= 4 is 0 Å². The summed E-state index contributed by atoms with van der Waals surface area (Å²) in [5, 5.41) is 9.01. The van der Waals surface area contributed by atoms with Crippen LogP contribution in [0.4, 0.5) is 0 Å². The van der Waals surface area contributed by atoms with Crippen LogP contribution in [-0.4, -0.2) is 23.9 Å². The topological polar surface area (TPSA) is 29.5 Å². The normalized spacial score (nSPS) is 34.0. The van der Waals surface area contributed by atoms with E-state index in [1.807, 2.05) is 0 Å². The molecule has 2 nitrogen and oxygen atoms in total. The zero-order valence-corrected chi connectivity index (χ0v) is 5.84. The van der Waals surface area contributed by atoms with Crippen LogP contribution in [-0.2, 0) is 4.74 Å². The molecule has 1 aliphatic carbocycles. The van der Waals surface area contributed by atoms with Crippen molar-refractivity contribution < 1.29 is 9.84 Å². The summed E-state index contributed by atoms with van der Waals surface area (Å²) in [5.74, 6) is 0. The largest absolute Gasteiger partial charge is 0.390 e. The number of ether oxygens (including phenoxy) is 1. The molecule has 0 amide bonds. The van der Waals surface area contributed by atoms with Gasteiger partial charge in [-0.3, -0.25) is 0 Å². The average molecular weight is 130 g/mol. The first-order valence-electron chi connectivity index (χ1n) is 3.64. The van der Waals surface area contributed by atoms with Crippen molar-refractivity contribution in [3.05, 3.63) is 0 Å². The van der Waals surface area contributed by atoms with Gasteiger partial charge in [0.25, 0.3) is 0 Å². The SMILES string of the molecule is CCCOC1CCC1O. The Morgan fingerprint density at radius 2 is 2.33 bits per heavy atom. The van der Waals surface area contributed by atoms with E-state index in [-0.39, 0.29) is 12.2 Å². The first-order valence-corrected chi connectivity index (χ1v) is 3.64. The molecule has 2 heteroatoms. The van der Waals surface area contributed by atoms with E-state index in [2.05, 4.69) is 6.92 Å². The summed E-state index contributed by atoms with van der Waals surface area (Å²) < 4.78 is 5.29. The van der Waals surface area contributed by atoms with Crippen molar-refractivity contribution in [2.24, 2.45) is 0 Å². The average Bonchev–Trinajstić information content (AvgIpc) is 1.86. The van der Waals surface area contributed by atoms with Gasteiger partial charge in [-0.15, -0.1) is 0 Å². The van der Waals surface area contributed by atoms with Gasteiger partial charge in [0.1, 0.15) is 0 Å². The Balaban J connectivity index is 1.99.